The fourth-order valence-corrected chi connectivity index (χ4v) is 11.1. The highest BCUT2D eigenvalue weighted by Gasteiger charge is 2.38. The molecule has 0 saturated carbocycles. The molecule has 0 amide bonds. The van der Waals surface area contributed by atoms with Crippen molar-refractivity contribution in [3.05, 3.63) is 0 Å². The predicted molar refractivity (Wildman–Crippen MR) is 346 cm³/mol. The van der Waals surface area contributed by atoms with Crippen molar-refractivity contribution in [2.24, 2.45) is 29.1 Å². The minimum atomic E-state index is -1.21. The van der Waals surface area contributed by atoms with E-state index in [1.165, 1.54) is 231 Å². The van der Waals surface area contributed by atoms with E-state index in [4.69, 9.17) is 18.9 Å². The second-order valence-corrected chi connectivity index (χ2v) is 27.4. The lowest BCUT2D eigenvalue weighted by Gasteiger charge is -2.31. The Kier molecular flexibility index (Phi) is 58.0. The Balaban J connectivity index is 5.44. The molecule has 0 aliphatic heterocycles. The van der Waals surface area contributed by atoms with Gasteiger partial charge in [0.2, 0.25) is 0 Å². The van der Waals surface area contributed by atoms with Crippen molar-refractivity contribution in [1.29, 1.82) is 0 Å². The Hall–Kier alpha value is -2.12. The molecule has 0 aromatic heterocycles. The van der Waals surface area contributed by atoms with Crippen LogP contribution in [0.1, 0.15) is 389 Å². The molecule has 0 aliphatic rings. The zero-order valence-electron chi connectivity index (χ0n) is 55.7. The zero-order valence-corrected chi connectivity index (χ0v) is 55.7. The summed E-state index contributed by atoms with van der Waals surface area (Å²) in [7, 11) is 0. The van der Waals surface area contributed by atoms with Crippen LogP contribution in [0.15, 0.2) is 0 Å². The summed E-state index contributed by atoms with van der Waals surface area (Å²) in [6.45, 7) is 17.8. The number of esters is 4. The van der Waals surface area contributed by atoms with Crippen molar-refractivity contribution in [2.75, 3.05) is 26.4 Å². The van der Waals surface area contributed by atoms with Gasteiger partial charge in [0.1, 0.15) is 31.8 Å². The highest BCUT2D eigenvalue weighted by atomic mass is 16.6. The number of ether oxygens (including phenoxy) is 4. The van der Waals surface area contributed by atoms with Gasteiger partial charge in [0.25, 0.3) is 0 Å². The summed E-state index contributed by atoms with van der Waals surface area (Å²) in [5.41, 5.74) is -1.21. The van der Waals surface area contributed by atoms with Crippen molar-refractivity contribution < 1.29 is 38.1 Å². The third-order valence-electron chi connectivity index (χ3n) is 16.8. The van der Waals surface area contributed by atoms with Gasteiger partial charge in [-0.05, 0) is 49.4 Å². The van der Waals surface area contributed by atoms with Gasteiger partial charge >= 0.3 is 23.9 Å². The first-order chi connectivity index (χ1) is 39.2. The maximum Gasteiger partial charge on any atom is 0.305 e. The highest BCUT2D eigenvalue weighted by molar-refractivity contribution is 5.71. The molecule has 0 heterocycles. The van der Waals surface area contributed by atoms with Gasteiger partial charge in [-0.1, -0.05) is 338 Å². The van der Waals surface area contributed by atoms with Crippen molar-refractivity contribution in [3.63, 3.8) is 0 Å². The van der Waals surface area contributed by atoms with Crippen LogP contribution in [0, 0.1) is 29.1 Å². The van der Waals surface area contributed by atoms with E-state index in [2.05, 4.69) is 55.4 Å². The minimum absolute atomic E-state index is 0.162. The monoisotopic (exact) mass is 1150 g/mol. The molecule has 0 N–H and O–H groups in total. The number of hydrogen-bond donors (Lipinski definition) is 0. The second-order valence-electron chi connectivity index (χ2n) is 27.4. The van der Waals surface area contributed by atoms with Crippen LogP contribution >= 0.6 is 0 Å². The van der Waals surface area contributed by atoms with Crippen molar-refractivity contribution in [3.8, 4) is 0 Å². The van der Waals surface area contributed by atoms with Gasteiger partial charge < -0.3 is 18.9 Å². The number of rotatable bonds is 64. The molecule has 0 aromatic rings. The summed E-state index contributed by atoms with van der Waals surface area (Å²) in [6, 6.07) is 0. The van der Waals surface area contributed by atoms with Crippen molar-refractivity contribution in [2.45, 2.75) is 389 Å². The Morgan fingerprint density at radius 3 is 0.469 bits per heavy atom. The fraction of sp³-hybridized carbons (Fsp3) is 0.945. The third kappa shape index (κ3) is 60.8. The van der Waals surface area contributed by atoms with Crippen LogP contribution < -0.4 is 0 Å². The predicted octanol–water partition coefficient (Wildman–Crippen LogP) is 23.1. The smallest absolute Gasteiger partial charge is 0.305 e. The van der Waals surface area contributed by atoms with Crippen molar-refractivity contribution >= 4 is 23.9 Å². The van der Waals surface area contributed by atoms with Gasteiger partial charge in [-0.15, -0.1) is 0 Å². The van der Waals surface area contributed by atoms with Crippen LogP contribution in [-0.2, 0) is 38.1 Å². The normalized spacial score (nSPS) is 11.9. The molecule has 0 rings (SSSR count). The second kappa shape index (κ2) is 59.6. The topological polar surface area (TPSA) is 105 Å². The lowest BCUT2D eigenvalue weighted by atomic mass is 9.92. The van der Waals surface area contributed by atoms with Crippen LogP contribution in [0.25, 0.3) is 0 Å². The molecule has 480 valence electrons. The van der Waals surface area contributed by atoms with Crippen molar-refractivity contribution in [1.82, 2.24) is 0 Å². The number of unbranched alkanes of at least 4 members (excludes halogenated alkanes) is 40. The molecule has 0 radical (unpaired) electrons. The average molecular weight is 1150 g/mol. The minimum Gasteiger partial charge on any atom is -0.465 e. The van der Waals surface area contributed by atoms with Crippen LogP contribution in [0.2, 0.25) is 0 Å². The number of carbonyl (C=O) groups excluding carboxylic acids is 4. The largest absolute Gasteiger partial charge is 0.465 e. The summed E-state index contributed by atoms with van der Waals surface area (Å²) in [5.74, 6) is 1.91. The summed E-state index contributed by atoms with van der Waals surface area (Å²) < 4.78 is 23.9. The first-order valence-corrected chi connectivity index (χ1v) is 35.9. The first-order valence-electron chi connectivity index (χ1n) is 35.9. The molecule has 8 nitrogen and oxygen atoms in total. The maximum atomic E-state index is 13.4. The van der Waals surface area contributed by atoms with E-state index < -0.39 is 5.41 Å². The van der Waals surface area contributed by atoms with Gasteiger partial charge in [0, 0.05) is 25.7 Å². The maximum absolute atomic E-state index is 13.4. The molecule has 81 heavy (non-hydrogen) atoms. The van der Waals surface area contributed by atoms with Gasteiger partial charge in [-0.25, -0.2) is 0 Å². The highest BCUT2D eigenvalue weighted by Crippen LogP contribution is 2.25. The van der Waals surface area contributed by atoms with E-state index in [0.717, 1.165) is 101 Å². The zero-order chi connectivity index (χ0) is 59.5. The Bertz CT molecular complexity index is 1170. The Morgan fingerprint density at radius 2 is 0.333 bits per heavy atom. The van der Waals surface area contributed by atoms with E-state index in [1.807, 2.05) is 0 Å². The molecule has 0 bridgehead atoms. The van der Waals surface area contributed by atoms with Crippen LogP contribution in [0.3, 0.4) is 0 Å². The number of carbonyl (C=O) groups is 4. The standard InChI is InChI=1S/C73H140O8/c1-65(2)53-45-37-29-21-13-9-17-25-33-41-49-57-69(74)78-61-73(62-79-70(75)58-50-42-34-26-18-10-14-22-30-38-46-54-66(3)4,63-80-71(76)59-51-43-35-27-19-11-15-23-31-39-47-55-67(5)6)64-81-72(77)60-52-44-36-28-20-12-16-24-32-40-48-56-68(7)8/h65-68H,9-64H2,1-8H3. The molecule has 0 saturated heterocycles. The quantitative estimate of drug-likeness (QED) is 0.0337. The Morgan fingerprint density at radius 1 is 0.210 bits per heavy atom. The lowest BCUT2D eigenvalue weighted by molar-refractivity contribution is -0.170. The van der Waals surface area contributed by atoms with E-state index >= 15 is 0 Å². The summed E-state index contributed by atoms with van der Waals surface area (Å²) in [6.07, 6.45) is 59.5. The first kappa shape index (κ1) is 78.9. The van der Waals surface area contributed by atoms with E-state index in [-0.39, 0.29) is 50.3 Å². The molecule has 8 heteroatoms. The lowest BCUT2D eigenvalue weighted by Crippen LogP contribution is -2.44. The molecule has 0 aromatic carbocycles. The van der Waals surface area contributed by atoms with Gasteiger partial charge in [-0.3, -0.25) is 19.2 Å². The SMILES string of the molecule is CC(C)CCCCCCCCCCCCCC(=O)OCC(COC(=O)CCCCCCCCCCCCCC(C)C)(COC(=O)CCCCCCCCCCCCCC(C)C)COC(=O)CCCCCCCCCCCCCC(C)C. The molecule has 0 spiro atoms. The van der Waals surface area contributed by atoms with E-state index in [0.29, 0.717) is 25.7 Å². The van der Waals surface area contributed by atoms with E-state index in [9.17, 15) is 19.2 Å². The molecular formula is C73H140O8. The average Bonchev–Trinajstić information content (AvgIpc) is 3.43. The number of hydrogen-bond acceptors (Lipinski definition) is 8. The van der Waals surface area contributed by atoms with Gasteiger partial charge in [0.15, 0.2) is 0 Å². The molecular weight excluding hydrogens is 1000 g/mol. The van der Waals surface area contributed by atoms with Gasteiger partial charge in [-0.2, -0.15) is 0 Å². The molecule has 0 atom stereocenters. The van der Waals surface area contributed by atoms with Crippen LogP contribution in [0.5, 0.6) is 0 Å². The Labute approximate surface area is 504 Å². The summed E-state index contributed by atoms with van der Waals surface area (Å²) in [4.78, 5) is 53.4. The summed E-state index contributed by atoms with van der Waals surface area (Å²) in [5, 5.41) is 0. The molecule has 0 unspecified atom stereocenters. The van der Waals surface area contributed by atoms with Crippen LogP contribution in [0.4, 0.5) is 0 Å². The molecule has 0 fully saturated rings. The van der Waals surface area contributed by atoms with E-state index in [1.54, 1.807) is 0 Å². The summed E-state index contributed by atoms with van der Waals surface area (Å²) >= 11 is 0. The third-order valence-corrected chi connectivity index (χ3v) is 16.8. The van der Waals surface area contributed by atoms with Crippen LogP contribution in [-0.4, -0.2) is 50.3 Å². The fourth-order valence-electron chi connectivity index (χ4n) is 11.1. The molecule has 0 aliphatic carbocycles. The van der Waals surface area contributed by atoms with Gasteiger partial charge in [0.05, 0.1) is 0 Å².